The Kier molecular flexibility index (Phi) is 7.11. The van der Waals surface area contributed by atoms with Crippen LogP contribution in [0.25, 0.3) is 0 Å². The van der Waals surface area contributed by atoms with E-state index in [4.69, 9.17) is 11.6 Å². The Morgan fingerprint density at radius 2 is 1.71 bits per heavy atom. The summed E-state index contributed by atoms with van der Waals surface area (Å²) >= 11 is 7.54. The lowest BCUT2D eigenvalue weighted by Crippen LogP contribution is -2.43. The topological polar surface area (TPSA) is 67.4 Å². The smallest absolute Gasteiger partial charge is 0.269 e. The highest BCUT2D eigenvalue weighted by Gasteiger charge is 2.07. The molecule has 0 spiro atoms. The maximum atomic E-state index is 11.9. The molecule has 0 unspecified atom stereocenters. The summed E-state index contributed by atoms with van der Waals surface area (Å²) in [5.41, 5.74) is 6.16. The normalized spacial score (nSPS) is 10.2. The molecule has 2 N–H and O–H groups in total. The van der Waals surface area contributed by atoms with Crippen LogP contribution >= 0.6 is 23.4 Å². The van der Waals surface area contributed by atoms with Crippen LogP contribution in [0.1, 0.15) is 15.9 Å². The van der Waals surface area contributed by atoms with Gasteiger partial charge in [0.2, 0.25) is 0 Å². The summed E-state index contributed by atoms with van der Waals surface area (Å²) < 4.78 is 4.65. The van der Waals surface area contributed by atoms with Gasteiger partial charge in [0, 0.05) is 28.3 Å². The van der Waals surface area contributed by atoms with Gasteiger partial charge in [-0.15, -0.1) is 11.8 Å². The number of carbonyl (C=O) groups is 2. The Morgan fingerprint density at radius 3 is 2.33 bits per heavy atom. The van der Waals surface area contributed by atoms with Crippen LogP contribution in [0.2, 0.25) is 5.02 Å². The van der Waals surface area contributed by atoms with Crippen molar-refractivity contribution in [3.05, 3.63) is 64.7 Å². The molecule has 0 aliphatic carbocycles. The molecule has 0 bridgehead atoms. The summed E-state index contributed by atoms with van der Waals surface area (Å²) in [4.78, 5) is 24.2. The third-order valence-electron chi connectivity index (χ3n) is 3.03. The van der Waals surface area contributed by atoms with Crippen molar-refractivity contribution in [1.82, 2.24) is 10.9 Å². The predicted octanol–water partition coefficient (Wildman–Crippen LogP) is 3.04. The van der Waals surface area contributed by atoms with Crippen molar-refractivity contribution in [3.8, 4) is 0 Å². The average molecular weight is 365 g/mol. The molecule has 2 aromatic carbocycles. The van der Waals surface area contributed by atoms with Gasteiger partial charge in [-0.2, -0.15) is 0 Å². The number of hydrogen-bond acceptors (Lipinski definition) is 4. The van der Waals surface area contributed by atoms with E-state index in [-0.39, 0.29) is 12.5 Å². The zero-order valence-corrected chi connectivity index (χ0v) is 14.6. The van der Waals surface area contributed by atoms with Gasteiger partial charge in [0.15, 0.2) is 0 Å². The average Bonchev–Trinajstić information content (AvgIpc) is 2.60. The van der Waals surface area contributed by atoms with Gasteiger partial charge in [-0.3, -0.25) is 20.4 Å². The Labute approximate surface area is 149 Å². The van der Waals surface area contributed by atoms with Crippen LogP contribution in [0.4, 0.5) is 0 Å². The molecule has 0 saturated carbocycles. The van der Waals surface area contributed by atoms with Crippen molar-refractivity contribution in [2.24, 2.45) is 0 Å². The van der Waals surface area contributed by atoms with Crippen molar-refractivity contribution in [3.63, 3.8) is 0 Å². The maximum Gasteiger partial charge on any atom is 0.269 e. The van der Waals surface area contributed by atoms with Crippen molar-refractivity contribution in [2.75, 3.05) is 13.7 Å². The van der Waals surface area contributed by atoms with E-state index in [0.29, 0.717) is 10.6 Å². The molecule has 0 aliphatic rings. The van der Waals surface area contributed by atoms with Gasteiger partial charge in [-0.25, -0.2) is 0 Å². The number of carbonyl (C=O) groups excluding carboxylic acids is 2. The first kappa shape index (κ1) is 18.3. The largest absolute Gasteiger partial charge is 0.375 e. The molecule has 126 valence electrons. The Morgan fingerprint density at radius 1 is 1.04 bits per heavy atom. The van der Waals surface area contributed by atoms with Gasteiger partial charge in [-0.1, -0.05) is 23.7 Å². The third kappa shape index (κ3) is 5.88. The molecule has 0 aliphatic heterocycles. The van der Waals surface area contributed by atoms with E-state index >= 15 is 0 Å². The fraction of sp³-hybridized carbons (Fsp3) is 0.176. The van der Waals surface area contributed by atoms with Crippen molar-refractivity contribution in [1.29, 1.82) is 0 Å². The molecular weight excluding hydrogens is 348 g/mol. The number of methoxy groups -OCH3 is 1. The minimum Gasteiger partial charge on any atom is -0.375 e. The first-order valence-electron chi connectivity index (χ1n) is 7.14. The number of ether oxygens (including phenoxy) is 1. The number of benzene rings is 2. The van der Waals surface area contributed by atoms with Gasteiger partial charge in [0.1, 0.15) is 6.61 Å². The van der Waals surface area contributed by atoms with E-state index in [2.05, 4.69) is 15.6 Å². The lowest BCUT2D eigenvalue weighted by molar-refractivity contribution is -0.125. The molecule has 0 atom stereocenters. The zero-order valence-electron chi connectivity index (χ0n) is 13.0. The number of hydrazine groups is 1. The molecule has 0 aromatic heterocycles. The van der Waals surface area contributed by atoms with Crippen molar-refractivity contribution < 1.29 is 14.3 Å². The second-order valence-electron chi connectivity index (χ2n) is 4.87. The lowest BCUT2D eigenvalue weighted by Gasteiger charge is -2.07. The Hall–Kier alpha value is -2.02. The van der Waals surface area contributed by atoms with Gasteiger partial charge in [0.05, 0.1) is 0 Å². The highest BCUT2D eigenvalue weighted by Crippen LogP contribution is 2.24. The fourth-order valence-electron chi connectivity index (χ4n) is 1.82. The molecule has 0 saturated heterocycles. The van der Waals surface area contributed by atoms with Crippen LogP contribution in [0, 0.1) is 0 Å². The van der Waals surface area contributed by atoms with Crippen LogP contribution in [0.3, 0.4) is 0 Å². The number of thioether (sulfide) groups is 1. The van der Waals surface area contributed by atoms with E-state index in [1.54, 1.807) is 23.9 Å². The molecule has 2 amide bonds. The Balaban J connectivity index is 1.84. The molecule has 2 aromatic rings. The van der Waals surface area contributed by atoms with E-state index in [9.17, 15) is 9.59 Å². The number of amides is 2. The Bertz CT molecular complexity index is 690. The monoisotopic (exact) mass is 364 g/mol. The summed E-state index contributed by atoms with van der Waals surface area (Å²) in [5.74, 6) is -0.00752. The van der Waals surface area contributed by atoms with E-state index in [0.717, 1.165) is 16.2 Å². The summed E-state index contributed by atoms with van der Waals surface area (Å²) in [6.45, 7) is -0.110. The molecule has 0 heterocycles. The molecule has 2 rings (SSSR count). The third-order valence-corrected chi connectivity index (χ3v) is 4.36. The number of hydrogen-bond donors (Lipinski definition) is 2. The highest BCUT2D eigenvalue weighted by molar-refractivity contribution is 7.98. The van der Waals surface area contributed by atoms with Gasteiger partial charge >= 0.3 is 0 Å². The maximum absolute atomic E-state index is 11.9. The molecular formula is C17H17ClN2O3S. The second-order valence-corrected chi connectivity index (χ2v) is 6.36. The van der Waals surface area contributed by atoms with Crippen LogP contribution in [0.5, 0.6) is 0 Å². The van der Waals surface area contributed by atoms with Gasteiger partial charge in [0.25, 0.3) is 11.8 Å². The minimum absolute atomic E-state index is 0.110. The van der Waals surface area contributed by atoms with E-state index in [1.165, 1.54) is 7.11 Å². The molecule has 0 fully saturated rings. The quantitative estimate of drug-likeness (QED) is 0.610. The number of nitrogens with one attached hydrogen (secondary N) is 2. The summed E-state index contributed by atoms with van der Waals surface area (Å²) in [7, 11) is 1.40. The first-order valence-corrected chi connectivity index (χ1v) is 8.50. The van der Waals surface area contributed by atoms with Crippen LogP contribution in [0.15, 0.2) is 53.4 Å². The SMILES string of the molecule is COCC(=O)NNC(=O)c1ccc(CSc2ccc(Cl)cc2)cc1. The molecule has 5 nitrogen and oxygen atoms in total. The zero-order chi connectivity index (χ0) is 17.4. The molecule has 24 heavy (non-hydrogen) atoms. The fourth-order valence-corrected chi connectivity index (χ4v) is 2.80. The standard InChI is InChI=1S/C17H17ClN2O3S/c1-23-10-16(21)19-20-17(22)13-4-2-12(3-5-13)11-24-15-8-6-14(18)7-9-15/h2-9H,10-11H2,1H3,(H,19,21)(H,20,22). The van der Waals surface area contributed by atoms with Crippen LogP contribution < -0.4 is 10.9 Å². The summed E-state index contributed by atoms with van der Waals surface area (Å²) in [6.07, 6.45) is 0. The highest BCUT2D eigenvalue weighted by atomic mass is 35.5. The predicted molar refractivity (Wildman–Crippen MR) is 94.9 cm³/mol. The van der Waals surface area contributed by atoms with Crippen molar-refractivity contribution >= 4 is 35.2 Å². The number of halogens is 1. The summed E-state index contributed by atoms with van der Waals surface area (Å²) in [5, 5.41) is 0.715. The number of rotatable bonds is 6. The van der Waals surface area contributed by atoms with Crippen LogP contribution in [-0.2, 0) is 15.3 Å². The summed E-state index contributed by atoms with van der Waals surface area (Å²) in [6, 6.07) is 14.9. The van der Waals surface area contributed by atoms with Crippen molar-refractivity contribution in [2.45, 2.75) is 10.6 Å². The van der Waals surface area contributed by atoms with E-state index in [1.807, 2.05) is 36.4 Å². The first-order chi connectivity index (χ1) is 11.6. The van der Waals surface area contributed by atoms with Crippen LogP contribution in [-0.4, -0.2) is 25.5 Å². The van der Waals surface area contributed by atoms with Gasteiger partial charge in [-0.05, 0) is 42.0 Å². The minimum atomic E-state index is -0.415. The molecule has 7 heteroatoms. The molecule has 0 radical (unpaired) electrons. The lowest BCUT2D eigenvalue weighted by atomic mass is 10.1. The van der Waals surface area contributed by atoms with E-state index < -0.39 is 5.91 Å². The van der Waals surface area contributed by atoms with Gasteiger partial charge < -0.3 is 4.74 Å². The second kappa shape index (κ2) is 9.32.